The second-order valence-electron chi connectivity index (χ2n) is 7.98. The Balaban J connectivity index is 1.88. The molecule has 0 aliphatic carbocycles. The summed E-state index contributed by atoms with van der Waals surface area (Å²) in [6.45, 7) is 4.46. The molecular formula is C21H28FN3O3S. The van der Waals surface area contributed by atoms with E-state index < -0.39 is 16.3 Å². The Morgan fingerprint density at radius 2 is 2.00 bits per heavy atom. The normalized spacial score (nSPS) is 21.6. The number of halogens is 1. The van der Waals surface area contributed by atoms with Crippen LogP contribution in [0.25, 0.3) is 11.3 Å². The molecule has 3 unspecified atom stereocenters. The van der Waals surface area contributed by atoms with E-state index >= 15 is 0 Å². The van der Waals surface area contributed by atoms with Crippen LogP contribution in [0.1, 0.15) is 26.0 Å². The van der Waals surface area contributed by atoms with Crippen LogP contribution in [0.5, 0.6) is 0 Å². The summed E-state index contributed by atoms with van der Waals surface area (Å²) >= 11 is 0. The van der Waals surface area contributed by atoms with Gasteiger partial charge >= 0.3 is 0 Å². The third-order valence-electron chi connectivity index (χ3n) is 5.24. The van der Waals surface area contributed by atoms with E-state index in [9.17, 15) is 17.9 Å². The fourth-order valence-electron chi connectivity index (χ4n) is 3.88. The van der Waals surface area contributed by atoms with E-state index in [-0.39, 0.29) is 23.8 Å². The molecule has 0 bridgehead atoms. The van der Waals surface area contributed by atoms with Crippen molar-refractivity contribution in [1.82, 2.24) is 14.6 Å². The predicted octanol–water partition coefficient (Wildman–Crippen LogP) is 2.40. The first-order chi connectivity index (χ1) is 13.6. The minimum Gasteiger partial charge on any atom is -0.378 e. The van der Waals surface area contributed by atoms with Crippen molar-refractivity contribution < 1.29 is 17.9 Å². The van der Waals surface area contributed by atoms with E-state index in [1.54, 1.807) is 12.1 Å². The second kappa shape index (κ2) is 8.87. The molecule has 6 nitrogen and oxygen atoms in total. The number of nitrogens with zero attached hydrogens (tertiary/aromatic N) is 2. The molecule has 29 heavy (non-hydrogen) atoms. The van der Waals surface area contributed by atoms with Crippen molar-refractivity contribution >= 4 is 10.0 Å². The van der Waals surface area contributed by atoms with E-state index in [2.05, 4.69) is 9.71 Å². The van der Waals surface area contributed by atoms with E-state index in [1.165, 1.54) is 12.1 Å². The Morgan fingerprint density at radius 3 is 2.66 bits per heavy atom. The van der Waals surface area contributed by atoms with Gasteiger partial charge in [-0.3, -0.25) is 9.88 Å². The molecular weight excluding hydrogens is 393 g/mol. The Morgan fingerprint density at radius 1 is 1.28 bits per heavy atom. The van der Waals surface area contributed by atoms with Crippen LogP contribution in [0.15, 0.2) is 42.5 Å². The van der Waals surface area contributed by atoms with Crippen molar-refractivity contribution in [2.24, 2.45) is 5.92 Å². The lowest BCUT2D eigenvalue weighted by molar-refractivity contribution is -0.0392. The first kappa shape index (κ1) is 21.8. The van der Waals surface area contributed by atoms with Crippen LogP contribution in [0.3, 0.4) is 0 Å². The van der Waals surface area contributed by atoms with Crippen LogP contribution in [0, 0.1) is 11.7 Å². The van der Waals surface area contributed by atoms with Crippen LogP contribution in [-0.4, -0.2) is 54.5 Å². The van der Waals surface area contributed by atoms with Crippen molar-refractivity contribution in [2.75, 3.05) is 12.8 Å². The third kappa shape index (κ3) is 5.60. The number of benzene rings is 1. The summed E-state index contributed by atoms with van der Waals surface area (Å²) in [5, 5.41) is 10.6. The van der Waals surface area contributed by atoms with Crippen LogP contribution in [-0.2, 0) is 16.4 Å². The van der Waals surface area contributed by atoms with Gasteiger partial charge in [0.15, 0.2) is 0 Å². The molecule has 1 aliphatic rings. The number of rotatable bonds is 7. The van der Waals surface area contributed by atoms with Crippen LogP contribution in [0.4, 0.5) is 4.39 Å². The average molecular weight is 422 g/mol. The number of nitrogens with one attached hydrogen (secondary N) is 1. The fourth-order valence-corrected chi connectivity index (χ4v) is 4.70. The Kier molecular flexibility index (Phi) is 6.68. The molecule has 0 radical (unpaired) electrons. The van der Waals surface area contributed by atoms with Crippen molar-refractivity contribution in [3.05, 3.63) is 54.0 Å². The van der Waals surface area contributed by atoms with Gasteiger partial charge in [0.2, 0.25) is 10.0 Å². The largest absolute Gasteiger partial charge is 0.378 e. The minimum absolute atomic E-state index is 0.0149. The molecule has 158 valence electrons. The first-order valence-electron chi connectivity index (χ1n) is 9.77. The van der Waals surface area contributed by atoms with E-state index in [1.807, 2.05) is 36.9 Å². The van der Waals surface area contributed by atoms with Crippen molar-refractivity contribution in [3.8, 4) is 11.3 Å². The molecule has 1 aromatic heterocycles. The van der Waals surface area contributed by atoms with Gasteiger partial charge in [-0.25, -0.2) is 17.5 Å². The maximum absolute atomic E-state index is 13.6. The fraction of sp³-hybridized carbons (Fsp3) is 0.476. The molecule has 3 rings (SSSR count). The molecule has 1 saturated heterocycles. The summed E-state index contributed by atoms with van der Waals surface area (Å²) in [6, 6.07) is 11.3. The van der Waals surface area contributed by atoms with Gasteiger partial charge in [0.05, 0.1) is 11.9 Å². The summed E-state index contributed by atoms with van der Waals surface area (Å²) in [6.07, 6.45) is 1.57. The average Bonchev–Trinajstić information content (AvgIpc) is 3.01. The van der Waals surface area contributed by atoms with Gasteiger partial charge in [0.1, 0.15) is 12.0 Å². The van der Waals surface area contributed by atoms with Gasteiger partial charge in [-0.1, -0.05) is 32.0 Å². The van der Waals surface area contributed by atoms with Gasteiger partial charge < -0.3 is 5.11 Å². The van der Waals surface area contributed by atoms with Gasteiger partial charge in [-0.05, 0) is 36.6 Å². The topological polar surface area (TPSA) is 82.5 Å². The highest BCUT2D eigenvalue weighted by Gasteiger charge is 2.39. The molecule has 0 saturated carbocycles. The lowest BCUT2D eigenvalue weighted by Crippen LogP contribution is -2.50. The van der Waals surface area contributed by atoms with Crippen molar-refractivity contribution in [3.63, 3.8) is 0 Å². The summed E-state index contributed by atoms with van der Waals surface area (Å²) in [4.78, 5) is 6.61. The highest BCUT2D eigenvalue weighted by atomic mass is 32.2. The molecule has 2 aromatic rings. The number of aliphatic hydroxyl groups excluding tert-OH is 1. The lowest BCUT2D eigenvalue weighted by atomic mass is 10.0. The molecule has 0 amide bonds. The minimum atomic E-state index is -3.38. The number of aliphatic hydroxyl groups is 1. The van der Waals surface area contributed by atoms with Crippen LogP contribution >= 0.6 is 0 Å². The number of likely N-dealkylation sites (tertiary alicyclic amines) is 1. The summed E-state index contributed by atoms with van der Waals surface area (Å²) in [5.41, 5.74) is 2.10. The van der Waals surface area contributed by atoms with Gasteiger partial charge in [-0.15, -0.1) is 0 Å². The second-order valence-corrected chi connectivity index (χ2v) is 9.76. The van der Waals surface area contributed by atoms with Crippen LogP contribution in [0.2, 0.25) is 0 Å². The molecule has 2 heterocycles. The first-order valence-corrected chi connectivity index (χ1v) is 11.7. The lowest BCUT2D eigenvalue weighted by Gasteiger charge is -2.33. The Hall–Kier alpha value is -1.87. The summed E-state index contributed by atoms with van der Waals surface area (Å²) in [5.74, 6) is -0.310. The number of aromatic nitrogens is 1. The Labute approximate surface area is 171 Å². The standard InChI is InChI=1S/C21H28FN3O3S/c1-14(2)21(26)25-11-10-19(24-29(3,27)28)20(25)13-17-8-5-9-18(23-17)15-6-4-7-16(22)12-15/h4-9,12,14,19-21,24,26H,10-11,13H2,1-3H3. The number of sulfonamides is 1. The molecule has 1 aromatic carbocycles. The quantitative estimate of drug-likeness (QED) is 0.717. The zero-order chi connectivity index (χ0) is 21.2. The van der Waals surface area contributed by atoms with Crippen molar-refractivity contribution in [1.29, 1.82) is 0 Å². The molecule has 0 spiro atoms. The van der Waals surface area contributed by atoms with Gasteiger partial charge in [0.25, 0.3) is 0 Å². The zero-order valence-corrected chi connectivity index (χ0v) is 17.7. The maximum Gasteiger partial charge on any atom is 0.209 e. The molecule has 8 heteroatoms. The molecule has 3 atom stereocenters. The van der Waals surface area contributed by atoms with Crippen molar-refractivity contribution in [2.45, 2.75) is 45.0 Å². The smallest absolute Gasteiger partial charge is 0.209 e. The monoisotopic (exact) mass is 421 g/mol. The highest BCUT2D eigenvalue weighted by molar-refractivity contribution is 7.88. The molecule has 1 fully saturated rings. The third-order valence-corrected chi connectivity index (χ3v) is 5.97. The molecule has 1 aliphatic heterocycles. The summed E-state index contributed by atoms with van der Waals surface area (Å²) in [7, 11) is -3.38. The van der Waals surface area contributed by atoms with Gasteiger partial charge in [0, 0.05) is 36.3 Å². The van der Waals surface area contributed by atoms with E-state index in [0.717, 1.165) is 11.9 Å². The van der Waals surface area contributed by atoms with Crippen LogP contribution < -0.4 is 4.72 Å². The zero-order valence-electron chi connectivity index (χ0n) is 16.9. The molecule has 2 N–H and O–H groups in total. The summed E-state index contributed by atoms with van der Waals surface area (Å²) < 4.78 is 39.9. The SMILES string of the molecule is CC(C)C(O)N1CCC(NS(C)(=O)=O)C1Cc1cccc(-c2cccc(F)c2)n1. The maximum atomic E-state index is 13.6. The predicted molar refractivity (Wildman–Crippen MR) is 111 cm³/mol. The highest BCUT2D eigenvalue weighted by Crippen LogP contribution is 2.27. The van der Waals surface area contributed by atoms with Gasteiger partial charge in [-0.2, -0.15) is 0 Å². The van der Waals surface area contributed by atoms with E-state index in [4.69, 9.17) is 0 Å². The number of hydrogen-bond donors (Lipinski definition) is 2. The Bertz CT molecular complexity index is 952. The number of pyridine rings is 1. The van der Waals surface area contributed by atoms with E-state index in [0.29, 0.717) is 30.6 Å². The number of hydrogen-bond acceptors (Lipinski definition) is 5.